The summed E-state index contributed by atoms with van der Waals surface area (Å²) in [6, 6.07) is 13.8. The van der Waals surface area contributed by atoms with Crippen molar-refractivity contribution < 1.29 is 14.2 Å². The van der Waals surface area contributed by atoms with E-state index in [0.29, 0.717) is 34.7 Å². The SMILES string of the molecule is COc1ccc(-c2cc(CNc3ncnc4cc([N+](=O)[O-])ccc34)on2)cc1. The van der Waals surface area contributed by atoms with E-state index in [4.69, 9.17) is 9.26 Å². The lowest BCUT2D eigenvalue weighted by Gasteiger charge is -2.06. The number of rotatable bonds is 6. The van der Waals surface area contributed by atoms with Crippen LogP contribution in [0.1, 0.15) is 5.76 Å². The molecule has 0 bridgehead atoms. The van der Waals surface area contributed by atoms with E-state index in [1.54, 1.807) is 13.2 Å². The molecule has 4 rings (SSSR count). The van der Waals surface area contributed by atoms with E-state index in [-0.39, 0.29) is 5.69 Å². The molecule has 0 unspecified atom stereocenters. The number of ether oxygens (including phenoxy) is 1. The Bertz CT molecular complexity index is 1140. The topological polar surface area (TPSA) is 116 Å². The Morgan fingerprint density at radius 2 is 1.96 bits per heavy atom. The Labute approximate surface area is 159 Å². The molecule has 0 radical (unpaired) electrons. The number of nitrogens with zero attached hydrogens (tertiary/aromatic N) is 4. The van der Waals surface area contributed by atoms with Gasteiger partial charge in [-0.2, -0.15) is 0 Å². The normalized spacial score (nSPS) is 10.8. The van der Waals surface area contributed by atoms with Crippen LogP contribution >= 0.6 is 0 Å². The van der Waals surface area contributed by atoms with Crippen LogP contribution in [0, 0.1) is 10.1 Å². The number of nitro groups is 1. The number of nitrogens with one attached hydrogen (secondary N) is 1. The van der Waals surface area contributed by atoms with Crippen LogP contribution in [0.3, 0.4) is 0 Å². The fourth-order valence-electron chi connectivity index (χ4n) is 2.76. The molecule has 9 heteroatoms. The molecule has 0 aliphatic carbocycles. The van der Waals surface area contributed by atoms with Gasteiger partial charge in [0, 0.05) is 29.1 Å². The molecule has 0 amide bonds. The van der Waals surface area contributed by atoms with Crippen LogP contribution in [0.15, 0.2) is 59.4 Å². The van der Waals surface area contributed by atoms with Crippen molar-refractivity contribution in [2.24, 2.45) is 0 Å². The van der Waals surface area contributed by atoms with Gasteiger partial charge in [-0.15, -0.1) is 0 Å². The zero-order chi connectivity index (χ0) is 19.5. The van der Waals surface area contributed by atoms with Crippen LogP contribution in [-0.4, -0.2) is 27.2 Å². The van der Waals surface area contributed by atoms with Gasteiger partial charge in [-0.05, 0) is 30.3 Å². The van der Waals surface area contributed by atoms with E-state index in [9.17, 15) is 10.1 Å². The van der Waals surface area contributed by atoms with Crippen molar-refractivity contribution in [3.8, 4) is 17.0 Å². The number of hydrogen-bond donors (Lipinski definition) is 1. The second-order valence-electron chi connectivity index (χ2n) is 5.94. The minimum atomic E-state index is -0.454. The highest BCUT2D eigenvalue weighted by Crippen LogP contribution is 2.25. The number of benzene rings is 2. The molecule has 0 fully saturated rings. The number of aromatic nitrogens is 3. The van der Waals surface area contributed by atoms with E-state index < -0.39 is 4.92 Å². The molecule has 0 atom stereocenters. The zero-order valence-electron chi connectivity index (χ0n) is 14.8. The minimum absolute atomic E-state index is 0.0171. The van der Waals surface area contributed by atoms with E-state index >= 15 is 0 Å². The van der Waals surface area contributed by atoms with E-state index in [0.717, 1.165) is 11.3 Å². The zero-order valence-corrected chi connectivity index (χ0v) is 14.8. The lowest BCUT2D eigenvalue weighted by Crippen LogP contribution is -2.02. The van der Waals surface area contributed by atoms with Crippen LogP contribution in [0.4, 0.5) is 11.5 Å². The molecule has 0 aliphatic heterocycles. The highest BCUT2D eigenvalue weighted by Gasteiger charge is 2.11. The maximum Gasteiger partial charge on any atom is 0.271 e. The molecule has 4 aromatic rings. The van der Waals surface area contributed by atoms with Gasteiger partial charge in [0.1, 0.15) is 23.6 Å². The average Bonchev–Trinajstić information content (AvgIpc) is 3.20. The smallest absolute Gasteiger partial charge is 0.271 e. The molecule has 2 aromatic heterocycles. The average molecular weight is 377 g/mol. The van der Waals surface area contributed by atoms with Gasteiger partial charge >= 0.3 is 0 Å². The third kappa shape index (κ3) is 3.45. The first-order valence-electron chi connectivity index (χ1n) is 8.37. The van der Waals surface area contributed by atoms with Crippen molar-refractivity contribution in [1.29, 1.82) is 0 Å². The van der Waals surface area contributed by atoms with E-state index in [1.807, 2.05) is 30.3 Å². The summed E-state index contributed by atoms with van der Waals surface area (Å²) < 4.78 is 10.5. The minimum Gasteiger partial charge on any atom is -0.497 e. The van der Waals surface area contributed by atoms with Gasteiger partial charge < -0.3 is 14.6 Å². The van der Waals surface area contributed by atoms with Gasteiger partial charge in [-0.3, -0.25) is 10.1 Å². The van der Waals surface area contributed by atoms with Crippen LogP contribution in [0.5, 0.6) is 5.75 Å². The number of non-ortho nitro benzene ring substituents is 1. The van der Waals surface area contributed by atoms with Crippen molar-refractivity contribution in [2.75, 3.05) is 12.4 Å². The molecule has 0 spiro atoms. The van der Waals surface area contributed by atoms with Gasteiger partial charge in [-0.25, -0.2) is 9.97 Å². The van der Waals surface area contributed by atoms with E-state index in [2.05, 4.69) is 20.4 Å². The Morgan fingerprint density at radius 1 is 1.14 bits per heavy atom. The van der Waals surface area contributed by atoms with Crippen molar-refractivity contribution in [3.63, 3.8) is 0 Å². The second kappa shape index (κ2) is 7.31. The van der Waals surface area contributed by atoms with Gasteiger partial charge in [0.15, 0.2) is 5.76 Å². The fourth-order valence-corrected chi connectivity index (χ4v) is 2.76. The molecule has 2 heterocycles. The molecule has 28 heavy (non-hydrogen) atoms. The summed E-state index contributed by atoms with van der Waals surface area (Å²) >= 11 is 0. The lowest BCUT2D eigenvalue weighted by molar-refractivity contribution is -0.384. The van der Waals surface area contributed by atoms with Gasteiger partial charge in [0.2, 0.25) is 0 Å². The molecule has 0 saturated carbocycles. The predicted molar refractivity (Wildman–Crippen MR) is 102 cm³/mol. The number of hydrogen-bond acceptors (Lipinski definition) is 8. The fraction of sp³-hybridized carbons (Fsp3) is 0.105. The molecule has 0 aliphatic rings. The predicted octanol–water partition coefficient (Wildman–Crippen LogP) is 3.81. The Kier molecular flexibility index (Phi) is 4.55. The third-order valence-corrected chi connectivity index (χ3v) is 4.21. The number of fused-ring (bicyclic) bond motifs is 1. The first-order valence-corrected chi connectivity index (χ1v) is 8.37. The largest absolute Gasteiger partial charge is 0.497 e. The summed E-state index contributed by atoms with van der Waals surface area (Å²) in [6.07, 6.45) is 1.36. The lowest BCUT2D eigenvalue weighted by atomic mass is 10.1. The molecular formula is C19H15N5O4. The standard InChI is InChI=1S/C19H15N5O4/c1-27-14-5-2-12(3-6-14)17-9-15(28-23-17)10-20-19-16-7-4-13(24(25)26)8-18(16)21-11-22-19/h2-9,11H,10H2,1H3,(H,20,21,22). The van der Waals surface area contributed by atoms with Crippen molar-refractivity contribution >= 4 is 22.4 Å². The van der Waals surface area contributed by atoms with Crippen molar-refractivity contribution in [2.45, 2.75) is 6.54 Å². The summed E-state index contributed by atoms with van der Waals surface area (Å²) in [5.41, 5.74) is 2.10. The quantitative estimate of drug-likeness (QED) is 0.398. The van der Waals surface area contributed by atoms with Crippen LogP contribution in [0.25, 0.3) is 22.2 Å². The molecule has 9 nitrogen and oxygen atoms in total. The molecule has 2 aromatic carbocycles. The van der Waals surface area contributed by atoms with Crippen molar-refractivity contribution in [1.82, 2.24) is 15.1 Å². The van der Waals surface area contributed by atoms with Gasteiger partial charge in [0.25, 0.3) is 5.69 Å². The highest BCUT2D eigenvalue weighted by atomic mass is 16.6. The molecular weight excluding hydrogens is 362 g/mol. The molecule has 140 valence electrons. The Morgan fingerprint density at radius 3 is 2.71 bits per heavy atom. The summed E-state index contributed by atoms with van der Waals surface area (Å²) in [4.78, 5) is 18.8. The first kappa shape index (κ1) is 17.4. The van der Waals surface area contributed by atoms with E-state index in [1.165, 1.54) is 18.5 Å². The van der Waals surface area contributed by atoms with Gasteiger partial charge in [-0.1, -0.05) is 5.16 Å². The van der Waals surface area contributed by atoms with Gasteiger partial charge in [0.05, 0.1) is 24.1 Å². The van der Waals surface area contributed by atoms with Crippen LogP contribution in [0.2, 0.25) is 0 Å². The summed E-state index contributed by atoms with van der Waals surface area (Å²) in [6.45, 7) is 0.353. The van der Waals surface area contributed by atoms with Crippen LogP contribution < -0.4 is 10.1 Å². The number of anilines is 1. The maximum atomic E-state index is 10.9. The Hall–Kier alpha value is -4.01. The first-order chi connectivity index (χ1) is 13.6. The van der Waals surface area contributed by atoms with Crippen LogP contribution in [-0.2, 0) is 6.54 Å². The maximum absolute atomic E-state index is 10.9. The second-order valence-corrected chi connectivity index (χ2v) is 5.94. The highest BCUT2D eigenvalue weighted by molar-refractivity contribution is 5.90. The molecule has 1 N–H and O–H groups in total. The summed E-state index contributed by atoms with van der Waals surface area (Å²) in [7, 11) is 1.62. The monoisotopic (exact) mass is 377 g/mol. The summed E-state index contributed by atoms with van der Waals surface area (Å²) in [5, 5.41) is 18.8. The molecule has 0 saturated heterocycles. The number of nitro benzene ring substituents is 1. The third-order valence-electron chi connectivity index (χ3n) is 4.21. The number of methoxy groups -OCH3 is 1. The van der Waals surface area contributed by atoms with Crippen molar-refractivity contribution in [3.05, 3.63) is 70.7 Å². The summed E-state index contributed by atoms with van der Waals surface area (Å²) in [5.74, 6) is 1.95. The Balaban J connectivity index is 1.52.